The molecule has 1 aromatic rings. The molecule has 6 nitrogen and oxygen atoms in total. The van der Waals surface area contributed by atoms with Crippen LogP contribution in [-0.4, -0.2) is 61.4 Å². The van der Waals surface area contributed by atoms with Crippen LogP contribution in [0.5, 0.6) is 5.88 Å². The number of aryl methyl sites for hydroxylation is 1. The molecule has 0 saturated carbocycles. The smallest absolute Gasteiger partial charge is 0.226 e. The van der Waals surface area contributed by atoms with Gasteiger partial charge in [-0.15, -0.1) is 0 Å². The molecule has 0 aliphatic carbocycles. The number of likely N-dealkylation sites (N-methyl/N-ethyl adjacent to an activating group) is 1. The number of hydrogen-bond acceptors (Lipinski definition) is 6. The summed E-state index contributed by atoms with van der Waals surface area (Å²) < 4.78 is 11.1. The van der Waals surface area contributed by atoms with Crippen molar-refractivity contribution in [3.63, 3.8) is 0 Å². The van der Waals surface area contributed by atoms with E-state index >= 15 is 0 Å². The summed E-state index contributed by atoms with van der Waals surface area (Å²) in [6.07, 6.45) is 0.103. The molecule has 1 N–H and O–H groups in total. The molecule has 0 aromatic carbocycles. The molecule has 0 bridgehead atoms. The second-order valence-corrected chi connectivity index (χ2v) is 5.18. The highest BCUT2D eigenvalue weighted by Gasteiger charge is 2.04. The molecule has 0 saturated heterocycles. The second kappa shape index (κ2) is 8.71. The van der Waals surface area contributed by atoms with Crippen LogP contribution < -0.4 is 10.1 Å². The van der Waals surface area contributed by atoms with Crippen molar-refractivity contribution in [2.75, 3.05) is 45.7 Å². The van der Waals surface area contributed by atoms with E-state index in [1.54, 1.807) is 0 Å². The van der Waals surface area contributed by atoms with Gasteiger partial charge in [0.1, 0.15) is 0 Å². The number of aromatic nitrogens is 2. The fourth-order valence-electron chi connectivity index (χ4n) is 1.50. The molecule has 1 rings (SSSR count). The van der Waals surface area contributed by atoms with Crippen LogP contribution in [0.2, 0.25) is 0 Å². The molecule has 0 aliphatic heterocycles. The molecular formula is C14H26N4O2. The van der Waals surface area contributed by atoms with E-state index in [9.17, 15) is 0 Å². The molecule has 1 heterocycles. The van der Waals surface area contributed by atoms with E-state index in [1.165, 1.54) is 0 Å². The van der Waals surface area contributed by atoms with Crippen molar-refractivity contribution in [1.29, 1.82) is 0 Å². The van der Waals surface area contributed by atoms with Crippen LogP contribution in [-0.2, 0) is 4.74 Å². The lowest BCUT2D eigenvalue weighted by Gasteiger charge is -2.12. The van der Waals surface area contributed by atoms with E-state index in [1.807, 2.05) is 40.9 Å². The fourth-order valence-corrected chi connectivity index (χ4v) is 1.50. The minimum atomic E-state index is 0.103. The summed E-state index contributed by atoms with van der Waals surface area (Å²) in [6, 6.07) is 1.83. The average Bonchev–Trinajstić information content (AvgIpc) is 2.31. The predicted molar refractivity (Wildman–Crippen MR) is 80.4 cm³/mol. The van der Waals surface area contributed by atoms with Gasteiger partial charge in [0, 0.05) is 24.8 Å². The van der Waals surface area contributed by atoms with Crippen molar-refractivity contribution in [3.8, 4) is 5.88 Å². The second-order valence-electron chi connectivity index (χ2n) is 5.18. The molecule has 6 heteroatoms. The first-order valence-electron chi connectivity index (χ1n) is 6.96. The third-order valence-electron chi connectivity index (χ3n) is 2.40. The van der Waals surface area contributed by atoms with E-state index in [-0.39, 0.29) is 6.10 Å². The minimum absolute atomic E-state index is 0.103. The molecule has 0 atom stereocenters. The largest absolute Gasteiger partial charge is 0.475 e. The van der Waals surface area contributed by atoms with Gasteiger partial charge in [-0.25, -0.2) is 4.98 Å². The summed E-state index contributed by atoms with van der Waals surface area (Å²) in [5, 5.41) is 3.15. The van der Waals surface area contributed by atoms with Crippen molar-refractivity contribution in [2.24, 2.45) is 0 Å². The van der Waals surface area contributed by atoms with Gasteiger partial charge in [0.15, 0.2) is 0 Å². The molecule has 0 radical (unpaired) electrons. The topological polar surface area (TPSA) is 59.5 Å². The quantitative estimate of drug-likeness (QED) is 0.694. The molecule has 0 spiro atoms. The maximum absolute atomic E-state index is 5.58. The number of hydrogen-bond donors (Lipinski definition) is 1. The van der Waals surface area contributed by atoms with Gasteiger partial charge in [0.2, 0.25) is 11.8 Å². The van der Waals surface area contributed by atoms with Crippen molar-refractivity contribution in [1.82, 2.24) is 14.9 Å². The zero-order valence-corrected chi connectivity index (χ0v) is 13.1. The highest BCUT2D eigenvalue weighted by atomic mass is 16.5. The lowest BCUT2D eigenvalue weighted by Crippen LogP contribution is -2.20. The van der Waals surface area contributed by atoms with Crippen LogP contribution in [0.3, 0.4) is 0 Å². The lowest BCUT2D eigenvalue weighted by molar-refractivity contribution is 0.126. The van der Waals surface area contributed by atoms with Gasteiger partial charge < -0.3 is 19.7 Å². The van der Waals surface area contributed by atoms with Crippen LogP contribution >= 0.6 is 0 Å². The van der Waals surface area contributed by atoms with Crippen molar-refractivity contribution < 1.29 is 9.47 Å². The zero-order valence-electron chi connectivity index (χ0n) is 13.1. The van der Waals surface area contributed by atoms with Gasteiger partial charge in [-0.3, -0.25) is 0 Å². The van der Waals surface area contributed by atoms with Crippen molar-refractivity contribution in [2.45, 2.75) is 26.9 Å². The zero-order chi connectivity index (χ0) is 15.0. The average molecular weight is 282 g/mol. The van der Waals surface area contributed by atoms with Crippen LogP contribution in [0.4, 0.5) is 5.95 Å². The normalized spacial score (nSPS) is 11.2. The Hall–Kier alpha value is -1.40. The predicted octanol–water partition coefficient (Wildman–Crippen LogP) is 1.56. The monoisotopic (exact) mass is 282 g/mol. The standard InChI is InChI=1S/C14H26N4O2/c1-11(2)20-13-10-12(3)16-14(17-13)15-6-8-19-9-7-18(4)5/h10-11H,6-9H2,1-5H3,(H,15,16,17). The summed E-state index contributed by atoms with van der Waals surface area (Å²) in [5.41, 5.74) is 0.881. The molecule has 20 heavy (non-hydrogen) atoms. The molecule has 114 valence electrons. The molecule has 0 aliphatic rings. The van der Waals surface area contributed by atoms with Gasteiger partial charge >= 0.3 is 0 Å². The first-order valence-corrected chi connectivity index (χ1v) is 6.96. The Morgan fingerprint density at radius 2 is 2.00 bits per heavy atom. The van der Waals surface area contributed by atoms with Crippen LogP contribution in [0.1, 0.15) is 19.5 Å². The number of nitrogens with zero attached hydrogens (tertiary/aromatic N) is 3. The SMILES string of the molecule is Cc1cc(OC(C)C)nc(NCCOCCN(C)C)n1. The summed E-state index contributed by atoms with van der Waals surface area (Å²) in [5.74, 6) is 1.18. The van der Waals surface area contributed by atoms with Gasteiger partial charge in [0.05, 0.1) is 19.3 Å². The van der Waals surface area contributed by atoms with Gasteiger partial charge in [-0.05, 0) is 34.9 Å². The highest BCUT2D eigenvalue weighted by molar-refractivity contribution is 5.30. The Labute approximate surface area is 121 Å². The number of anilines is 1. The van der Waals surface area contributed by atoms with E-state index < -0.39 is 0 Å². The lowest BCUT2D eigenvalue weighted by atomic mass is 10.4. The fraction of sp³-hybridized carbons (Fsp3) is 0.714. The van der Waals surface area contributed by atoms with E-state index in [2.05, 4.69) is 20.2 Å². The number of nitrogens with one attached hydrogen (secondary N) is 1. The molecule has 0 unspecified atom stereocenters. The molecule has 0 fully saturated rings. The molecule has 0 amide bonds. The molecular weight excluding hydrogens is 256 g/mol. The summed E-state index contributed by atoms with van der Waals surface area (Å²) in [4.78, 5) is 10.7. The first-order chi connectivity index (χ1) is 9.47. The Morgan fingerprint density at radius 3 is 2.65 bits per heavy atom. The Morgan fingerprint density at radius 1 is 1.25 bits per heavy atom. The van der Waals surface area contributed by atoms with E-state index in [0.717, 1.165) is 18.8 Å². The van der Waals surface area contributed by atoms with Gasteiger partial charge in [-0.2, -0.15) is 4.98 Å². The third kappa shape index (κ3) is 7.25. The minimum Gasteiger partial charge on any atom is -0.475 e. The van der Waals surface area contributed by atoms with Crippen molar-refractivity contribution >= 4 is 5.95 Å². The summed E-state index contributed by atoms with van der Waals surface area (Å²) in [7, 11) is 4.05. The first kappa shape index (κ1) is 16.7. The van der Waals surface area contributed by atoms with Crippen LogP contribution in [0.15, 0.2) is 6.07 Å². The maximum Gasteiger partial charge on any atom is 0.226 e. The summed E-state index contributed by atoms with van der Waals surface area (Å²) in [6.45, 7) is 8.84. The number of ether oxygens (including phenoxy) is 2. The van der Waals surface area contributed by atoms with E-state index in [4.69, 9.17) is 9.47 Å². The van der Waals surface area contributed by atoms with Crippen LogP contribution in [0, 0.1) is 6.92 Å². The van der Waals surface area contributed by atoms with Crippen molar-refractivity contribution in [3.05, 3.63) is 11.8 Å². The Bertz CT molecular complexity index is 397. The summed E-state index contributed by atoms with van der Waals surface area (Å²) >= 11 is 0. The van der Waals surface area contributed by atoms with Gasteiger partial charge in [-0.1, -0.05) is 0 Å². The van der Waals surface area contributed by atoms with Gasteiger partial charge in [0.25, 0.3) is 0 Å². The van der Waals surface area contributed by atoms with E-state index in [0.29, 0.717) is 25.0 Å². The Balaban J connectivity index is 2.34. The number of rotatable bonds is 9. The Kier molecular flexibility index (Phi) is 7.25. The maximum atomic E-state index is 5.58. The van der Waals surface area contributed by atoms with Crippen LogP contribution in [0.25, 0.3) is 0 Å². The highest BCUT2D eigenvalue weighted by Crippen LogP contribution is 2.13. The molecule has 1 aromatic heterocycles. The third-order valence-corrected chi connectivity index (χ3v) is 2.40.